The maximum atomic E-state index is 6.10. The van der Waals surface area contributed by atoms with Crippen LogP contribution in [0.4, 0.5) is 0 Å². The number of hydrogen-bond acceptors (Lipinski definition) is 4. The molecule has 0 aliphatic carbocycles. The van der Waals surface area contributed by atoms with E-state index in [1.807, 2.05) is 6.07 Å². The van der Waals surface area contributed by atoms with Crippen LogP contribution in [0.15, 0.2) is 54.6 Å². The third-order valence-corrected chi connectivity index (χ3v) is 5.71. The molecule has 0 radical (unpaired) electrons. The van der Waals surface area contributed by atoms with E-state index in [0.29, 0.717) is 18.6 Å². The molecule has 1 N–H and O–H groups in total. The van der Waals surface area contributed by atoms with Crippen molar-refractivity contribution >= 4 is 24.8 Å². The number of benzene rings is 2. The second-order valence-electron chi connectivity index (χ2n) is 7.53. The molecule has 4 rings (SSSR count). The number of halogens is 2. The van der Waals surface area contributed by atoms with E-state index in [0.717, 1.165) is 58.0 Å². The second kappa shape index (κ2) is 12.4. The van der Waals surface area contributed by atoms with Gasteiger partial charge in [-0.3, -0.25) is 4.90 Å². The molecule has 0 saturated carbocycles. The summed E-state index contributed by atoms with van der Waals surface area (Å²) < 4.78 is 11.7. The first-order chi connectivity index (χ1) is 13.4. The van der Waals surface area contributed by atoms with Crippen LogP contribution >= 0.6 is 24.8 Å². The SMILES string of the molecule is Cl.Cl.c1ccc(COc2cccc([C@H](C3CCOCC3)N3CCNCC3)c2)cc1. The Morgan fingerprint density at radius 1 is 0.966 bits per heavy atom. The van der Waals surface area contributed by atoms with Crippen molar-refractivity contribution < 1.29 is 9.47 Å². The highest BCUT2D eigenvalue weighted by atomic mass is 35.5. The van der Waals surface area contributed by atoms with Crippen LogP contribution in [0.2, 0.25) is 0 Å². The molecule has 2 aromatic carbocycles. The van der Waals surface area contributed by atoms with Crippen molar-refractivity contribution in [2.45, 2.75) is 25.5 Å². The van der Waals surface area contributed by atoms with Crippen LogP contribution in [0.3, 0.4) is 0 Å². The Labute approximate surface area is 186 Å². The maximum Gasteiger partial charge on any atom is 0.120 e. The molecule has 4 nitrogen and oxygen atoms in total. The van der Waals surface area contributed by atoms with Gasteiger partial charge in [-0.2, -0.15) is 0 Å². The molecule has 2 aromatic rings. The van der Waals surface area contributed by atoms with Gasteiger partial charge in [-0.15, -0.1) is 24.8 Å². The number of nitrogens with zero attached hydrogens (tertiary/aromatic N) is 1. The molecule has 1 atom stereocenters. The van der Waals surface area contributed by atoms with Gasteiger partial charge in [0.25, 0.3) is 0 Å². The van der Waals surface area contributed by atoms with Gasteiger partial charge in [0.2, 0.25) is 0 Å². The Kier molecular flexibility index (Phi) is 10.3. The van der Waals surface area contributed by atoms with Crippen LogP contribution in [-0.2, 0) is 11.3 Å². The Hall–Kier alpha value is -1.30. The predicted octanol–water partition coefficient (Wildman–Crippen LogP) is 4.48. The third kappa shape index (κ3) is 6.59. The summed E-state index contributed by atoms with van der Waals surface area (Å²) in [4.78, 5) is 2.66. The fraction of sp³-hybridized carbons (Fsp3) is 0.478. The molecule has 0 unspecified atom stereocenters. The number of rotatable bonds is 6. The fourth-order valence-corrected chi connectivity index (χ4v) is 4.30. The summed E-state index contributed by atoms with van der Waals surface area (Å²) in [6, 6.07) is 19.6. The van der Waals surface area contributed by atoms with Gasteiger partial charge in [-0.1, -0.05) is 42.5 Å². The molecule has 2 saturated heterocycles. The monoisotopic (exact) mass is 438 g/mol. The lowest BCUT2D eigenvalue weighted by atomic mass is 9.85. The maximum absolute atomic E-state index is 6.10. The van der Waals surface area contributed by atoms with Crippen LogP contribution in [0, 0.1) is 5.92 Å². The molecule has 0 bridgehead atoms. The number of ether oxygens (including phenoxy) is 2. The van der Waals surface area contributed by atoms with E-state index in [9.17, 15) is 0 Å². The standard InChI is InChI=1S/C23H30N2O2.2ClH/c1-2-5-19(6-3-1)18-27-22-8-4-7-21(17-22)23(20-9-15-26-16-10-20)25-13-11-24-12-14-25;;/h1-8,17,20,23-24H,9-16,18H2;2*1H/t23-;;/m0../s1. The van der Waals surface area contributed by atoms with E-state index < -0.39 is 0 Å². The summed E-state index contributed by atoms with van der Waals surface area (Å²) in [6.07, 6.45) is 2.29. The Morgan fingerprint density at radius 3 is 2.41 bits per heavy atom. The highest BCUT2D eigenvalue weighted by Crippen LogP contribution is 2.36. The number of piperazine rings is 1. The first-order valence-electron chi connectivity index (χ1n) is 10.2. The van der Waals surface area contributed by atoms with Crippen LogP contribution < -0.4 is 10.1 Å². The summed E-state index contributed by atoms with van der Waals surface area (Å²) in [5, 5.41) is 3.48. The Balaban J connectivity index is 0.00000150. The fourth-order valence-electron chi connectivity index (χ4n) is 4.30. The first kappa shape index (κ1) is 24.0. The summed E-state index contributed by atoms with van der Waals surface area (Å²) in [5.74, 6) is 1.62. The molecule has 0 aromatic heterocycles. The topological polar surface area (TPSA) is 33.7 Å². The minimum Gasteiger partial charge on any atom is -0.489 e. The van der Waals surface area contributed by atoms with E-state index in [2.05, 4.69) is 58.7 Å². The van der Waals surface area contributed by atoms with Gasteiger partial charge in [0.15, 0.2) is 0 Å². The van der Waals surface area contributed by atoms with Crippen molar-refractivity contribution in [1.82, 2.24) is 10.2 Å². The van der Waals surface area contributed by atoms with Gasteiger partial charge in [-0.25, -0.2) is 0 Å². The van der Waals surface area contributed by atoms with Crippen molar-refractivity contribution in [2.24, 2.45) is 5.92 Å². The van der Waals surface area contributed by atoms with Crippen LogP contribution in [0.25, 0.3) is 0 Å². The molecule has 2 fully saturated rings. The predicted molar refractivity (Wildman–Crippen MR) is 122 cm³/mol. The minimum absolute atomic E-state index is 0. The quantitative estimate of drug-likeness (QED) is 0.720. The van der Waals surface area contributed by atoms with Gasteiger partial charge in [0.1, 0.15) is 12.4 Å². The largest absolute Gasteiger partial charge is 0.489 e. The average molecular weight is 439 g/mol. The Bertz CT molecular complexity index is 687. The molecule has 0 spiro atoms. The van der Waals surface area contributed by atoms with Gasteiger partial charge in [0.05, 0.1) is 0 Å². The van der Waals surface area contributed by atoms with E-state index in [1.165, 1.54) is 11.1 Å². The molecule has 2 heterocycles. The Morgan fingerprint density at radius 2 is 1.69 bits per heavy atom. The molecule has 2 aliphatic heterocycles. The summed E-state index contributed by atoms with van der Waals surface area (Å²) in [5.41, 5.74) is 2.58. The normalized spacial score (nSPS) is 18.9. The van der Waals surface area contributed by atoms with Crippen molar-refractivity contribution in [3.05, 3.63) is 65.7 Å². The zero-order valence-electron chi connectivity index (χ0n) is 16.8. The number of hydrogen-bond donors (Lipinski definition) is 1. The van der Waals surface area contributed by atoms with E-state index in [4.69, 9.17) is 9.47 Å². The molecular weight excluding hydrogens is 407 g/mol. The van der Waals surface area contributed by atoms with Gasteiger partial charge in [0, 0.05) is 45.4 Å². The van der Waals surface area contributed by atoms with E-state index in [1.54, 1.807) is 0 Å². The summed E-state index contributed by atoms with van der Waals surface area (Å²) in [7, 11) is 0. The van der Waals surface area contributed by atoms with E-state index in [-0.39, 0.29) is 24.8 Å². The molecule has 29 heavy (non-hydrogen) atoms. The molecular formula is C23H32Cl2N2O2. The zero-order chi connectivity index (χ0) is 18.3. The van der Waals surface area contributed by atoms with Gasteiger partial charge < -0.3 is 14.8 Å². The van der Waals surface area contributed by atoms with Gasteiger partial charge in [-0.05, 0) is 42.0 Å². The highest BCUT2D eigenvalue weighted by molar-refractivity contribution is 5.85. The van der Waals surface area contributed by atoms with Crippen molar-refractivity contribution in [2.75, 3.05) is 39.4 Å². The van der Waals surface area contributed by atoms with Crippen LogP contribution in [0.1, 0.15) is 30.0 Å². The van der Waals surface area contributed by atoms with Crippen LogP contribution in [-0.4, -0.2) is 44.3 Å². The van der Waals surface area contributed by atoms with Crippen molar-refractivity contribution in [3.8, 4) is 5.75 Å². The summed E-state index contributed by atoms with van der Waals surface area (Å²) >= 11 is 0. The van der Waals surface area contributed by atoms with Crippen molar-refractivity contribution in [1.29, 1.82) is 0 Å². The average Bonchev–Trinajstić information content (AvgIpc) is 2.75. The molecule has 0 amide bonds. The third-order valence-electron chi connectivity index (χ3n) is 5.71. The number of nitrogens with one attached hydrogen (secondary N) is 1. The van der Waals surface area contributed by atoms with Crippen molar-refractivity contribution in [3.63, 3.8) is 0 Å². The van der Waals surface area contributed by atoms with Crippen LogP contribution in [0.5, 0.6) is 5.75 Å². The lowest BCUT2D eigenvalue weighted by Crippen LogP contribution is -2.47. The zero-order valence-corrected chi connectivity index (χ0v) is 18.4. The first-order valence-corrected chi connectivity index (χ1v) is 10.2. The van der Waals surface area contributed by atoms with Gasteiger partial charge >= 0.3 is 0 Å². The smallest absolute Gasteiger partial charge is 0.120 e. The van der Waals surface area contributed by atoms with E-state index >= 15 is 0 Å². The second-order valence-corrected chi connectivity index (χ2v) is 7.53. The minimum atomic E-state index is 0. The summed E-state index contributed by atoms with van der Waals surface area (Å²) in [6.45, 7) is 6.75. The highest BCUT2D eigenvalue weighted by Gasteiger charge is 2.31. The molecule has 160 valence electrons. The molecule has 6 heteroatoms. The lowest BCUT2D eigenvalue weighted by molar-refractivity contribution is 0.0212. The lowest BCUT2D eigenvalue weighted by Gasteiger charge is -2.41. The molecule has 2 aliphatic rings.